The van der Waals surface area contributed by atoms with Crippen molar-refractivity contribution in [1.29, 1.82) is 0 Å². The minimum atomic E-state index is -4.63. The molecular formula is C27H25N6NaO7S. The van der Waals surface area contributed by atoms with Crippen LogP contribution in [0.5, 0.6) is 0 Å². The van der Waals surface area contributed by atoms with E-state index in [1.807, 2.05) is 19.1 Å². The number of hydrogen-bond donors (Lipinski definition) is 2. The zero-order valence-corrected chi connectivity index (χ0v) is 26.0. The molecular weight excluding hydrogens is 575 g/mol. The molecule has 0 bridgehead atoms. The molecule has 3 rings (SSSR count). The Labute approximate surface area is 264 Å². The van der Waals surface area contributed by atoms with Gasteiger partial charge in [0.2, 0.25) is 12.1 Å². The predicted octanol–water partition coefficient (Wildman–Crippen LogP) is 1.26. The summed E-state index contributed by atoms with van der Waals surface area (Å²) in [6, 6.07) is 14.5. The van der Waals surface area contributed by atoms with Crippen LogP contribution in [0, 0.1) is 6.92 Å². The second-order valence-electron chi connectivity index (χ2n) is 8.80. The summed E-state index contributed by atoms with van der Waals surface area (Å²) in [7, 11) is -4.63. The average molecular weight is 601 g/mol. The maximum absolute atomic E-state index is 12.7. The Balaban J connectivity index is 0.00000616. The number of carbonyl (C=O) groups is 4. The molecule has 0 spiro atoms. The summed E-state index contributed by atoms with van der Waals surface area (Å²) in [6.07, 6.45) is 0. The number of nitrogens with one attached hydrogen (secondary N) is 2. The Hall–Kier alpha value is -3.95. The first-order chi connectivity index (χ1) is 19.3. The maximum atomic E-state index is 12.7. The van der Waals surface area contributed by atoms with Crippen molar-refractivity contribution >= 4 is 56.2 Å². The van der Waals surface area contributed by atoms with Crippen LogP contribution in [-0.2, 0) is 29.3 Å². The molecule has 0 saturated heterocycles. The Morgan fingerprint density at radius 3 is 1.36 bits per heavy atom. The second kappa shape index (κ2) is 15.3. The Morgan fingerprint density at radius 2 is 1.02 bits per heavy atom. The Bertz CT molecular complexity index is 1610. The smallest absolute Gasteiger partial charge is 0.744 e. The zero-order chi connectivity index (χ0) is 30.2. The molecule has 0 fully saturated rings. The van der Waals surface area contributed by atoms with Crippen molar-refractivity contribution in [2.24, 2.45) is 20.5 Å². The number of rotatable bonds is 11. The van der Waals surface area contributed by atoms with Crippen molar-refractivity contribution in [1.82, 2.24) is 0 Å². The molecule has 3 aromatic carbocycles. The van der Waals surface area contributed by atoms with Gasteiger partial charge < -0.3 is 15.2 Å². The first kappa shape index (κ1) is 34.3. The van der Waals surface area contributed by atoms with Crippen LogP contribution in [0.15, 0.2) is 98.1 Å². The zero-order valence-electron chi connectivity index (χ0n) is 23.1. The van der Waals surface area contributed by atoms with E-state index in [0.717, 1.165) is 24.6 Å². The molecule has 42 heavy (non-hydrogen) atoms. The van der Waals surface area contributed by atoms with Crippen LogP contribution in [0.25, 0.3) is 0 Å². The summed E-state index contributed by atoms with van der Waals surface area (Å²) >= 11 is 0. The summed E-state index contributed by atoms with van der Waals surface area (Å²) in [5.74, 6) is -2.59. The molecule has 0 saturated carbocycles. The number of Topliss-reactive ketones (excluding diaryl/α,β-unsaturated/α-hetero) is 2. The van der Waals surface area contributed by atoms with Crippen LogP contribution in [0.3, 0.4) is 0 Å². The topological polar surface area (TPSA) is 199 Å². The molecule has 0 radical (unpaired) electrons. The van der Waals surface area contributed by atoms with Gasteiger partial charge in [0.15, 0.2) is 11.6 Å². The van der Waals surface area contributed by atoms with Crippen LogP contribution in [0.2, 0.25) is 0 Å². The Kier molecular flexibility index (Phi) is 12.5. The van der Waals surface area contributed by atoms with E-state index in [2.05, 4.69) is 31.1 Å². The SMILES string of the molecule is CC(=O)C(N=Nc1ccc(C)cc1)C(=O)Nc1ccc(NC(=O)C(N=Nc2ccc(S(=O)(=O)[O-])cc2)C(C)=O)cc1.[Na+]. The Morgan fingerprint density at radius 1 is 0.667 bits per heavy atom. The monoisotopic (exact) mass is 600 g/mol. The normalized spacial score (nSPS) is 12.8. The van der Waals surface area contributed by atoms with E-state index >= 15 is 0 Å². The van der Waals surface area contributed by atoms with Crippen LogP contribution < -0.4 is 40.2 Å². The third-order valence-corrected chi connectivity index (χ3v) is 6.27. The molecule has 2 N–H and O–H groups in total. The van der Waals surface area contributed by atoms with Gasteiger partial charge in [-0.3, -0.25) is 19.2 Å². The van der Waals surface area contributed by atoms with Crippen molar-refractivity contribution in [3.63, 3.8) is 0 Å². The third kappa shape index (κ3) is 10.2. The van der Waals surface area contributed by atoms with E-state index in [1.165, 1.54) is 43.3 Å². The third-order valence-electron chi connectivity index (χ3n) is 5.42. The molecule has 0 aliphatic carbocycles. The molecule has 13 nitrogen and oxygen atoms in total. The fourth-order valence-electron chi connectivity index (χ4n) is 3.23. The number of carbonyl (C=O) groups excluding carboxylic acids is 4. The standard InChI is InChI=1S/C27H26N6O7S.Na/c1-16-4-6-21(7-5-16)30-32-24(17(2)34)26(36)28-19-8-10-20(11-9-19)29-27(37)25(18(3)35)33-31-22-12-14-23(15-13-22)41(38,39)40;/h4-15,24-25H,1-3H3,(H,28,36)(H,29,37)(H,38,39,40);/q;+1/p-1. The fourth-order valence-corrected chi connectivity index (χ4v) is 3.70. The van der Waals surface area contributed by atoms with Gasteiger partial charge in [-0.05, 0) is 81.4 Å². The van der Waals surface area contributed by atoms with Crippen LogP contribution in [-0.4, -0.2) is 48.4 Å². The largest absolute Gasteiger partial charge is 1.00 e. The molecule has 2 amide bonds. The van der Waals surface area contributed by atoms with Crippen LogP contribution >= 0.6 is 0 Å². The molecule has 0 aliphatic rings. The molecule has 212 valence electrons. The molecule has 2 unspecified atom stereocenters. The van der Waals surface area contributed by atoms with Gasteiger partial charge in [0, 0.05) is 11.4 Å². The summed E-state index contributed by atoms with van der Waals surface area (Å²) in [5, 5.41) is 20.5. The van der Waals surface area contributed by atoms with E-state index in [9.17, 15) is 32.1 Å². The summed E-state index contributed by atoms with van der Waals surface area (Å²) < 4.78 is 33.1. The van der Waals surface area contributed by atoms with E-state index in [0.29, 0.717) is 11.4 Å². The maximum Gasteiger partial charge on any atom is 1.00 e. The van der Waals surface area contributed by atoms with Gasteiger partial charge in [-0.15, -0.1) is 0 Å². The number of amides is 2. The number of hydrogen-bond acceptors (Lipinski definition) is 11. The number of nitrogens with zero attached hydrogens (tertiary/aromatic N) is 4. The number of aryl methyl sites for hydroxylation is 1. The van der Waals surface area contributed by atoms with E-state index < -0.39 is 50.5 Å². The van der Waals surface area contributed by atoms with Gasteiger partial charge in [0.05, 0.1) is 16.3 Å². The van der Waals surface area contributed by atoms with Gasteiger partial charge in [-0.1, -0.05) is 17.7 Å². The molecule has 0 aromatic heterocycles. The summed E-state index contributed by atoms with van der Waals surface area (Å²) in [5.41, 5.74) is 2.23. The van der Waals surface area contributed by atoms with Crippen LogP contribution in [0.1, 0.15) is 19.4 Å². The van der Waals surface area contributed by atoms with Gasteiger partial charge in [0.1, 0.15) is 10.1 Å². The van der Waals surface area contributed by atoms with Crippen molar-refractivity contribution in [2.45, 2.75) is 37.8 Å². The van der Waals surface area contributed by atoms with Crippen molar-refractivity contribution < 1.29 is 61.7 Å². The first-order valence-corrected chi connectivity index (χ1v) is 13.4. The summed E-state index contributed by atoms with van der Waals surface area (Å²) in [6.45, 7) is 4.29. The molecule has 15 heteroatoms. The minimum absolute atomic E-state index is 0. The number of ketones is 2. The number of azo groups is 2. The van der Waals surface area contributed by atoms with Gasteiger partial charge >= 0.3 is 29.6 Å². The van der Waals surface area contributed by atoms with Crippen molar-refractivity contribution in [2.75, 3.05) is 10.6 Å². The number of benzene rings is 3. The van der Waals surface area contributed by atoms with Crippen LogP contribution in [0.4, 0.5) is 22.7 Å². The van der Waals surface area contributed by atoms with Gasteiger partial charge in [-0.25, -0.2) is 8.42 Å². The molecule has 0 aliphatic heterocycles. The molecule has 0 heterocycles. The molecule has 2 atom stereocenters. The van der Waals surface area contributed by atoms with E-state index in [-0.39, 0.29) is 40.9 Å². The predicted molar refractivity (Wildman–Crippen MR) is 147 cm³/mol. The van der Waals surface area contributed by atoms with Gasteiger partial charge in [-0.2, -0.15) is 20.5 Å². The first-order valence-electron chi connectivity index (χ1n) is 12.0. The second-order valence-corrected chi connectivity index (χ2v) is 10.2. The average Bonchev–Trinajstić information content (AvgIpc) is 2.90. The number of anilines is 2. The fraction of sp³-hybridized carbons (Fsp3) is 0.185. The quantitative estimate of drug-likeness (QED) is 0.143. The van der Waals surface area contributed by atoms with E-state index in [1.54, 1.807) is 12.1 Å². The van der Waals surface area contributed by atoms with Gasteiger partial charge in [0.25, 0.3) is 11.8 Å². The molecule has 3 aromatic rings. The summed E-state index contributed by atoms with van der Waals surface area (Å²) in [4.78, 5) is 48.9. The minimum Gasteiger partial charge on any atom is -0.744 e. The van der Waals surface area contributed by atoms with E-state index in [4.69, 9.17) is 0 Å². The van der Waals surface area contributed by atoms with Crippen molar-refractivity contribution in [3.05, 3.63) is 78.4 Å². The van der Waals surface area contributed by atoms with Crippen molar-refractivity contribution in [3.8, 4) is 0 Å².